The van der Waals surface area contributed by atoms with Gasteiger partial charge in [-0.1, -0.05) is 0 Å². The average molecular weight is 179 g/mol. The summed E-state index contributed by atoms with van der Waals surface area (Å²) in [6.07, 6.45) is 4.65. The van der Waals surface area contributed by atoms with Crippen LogP contribution in [0.2, 0.25) is 0 Å². The average Bonchev–Trinajstić information content (AvgIpc) is 2.47. The van der Waals surface area contributed by atoms with Crippen molar-refractivity contribution in [1.29, 1.82) is 0 Å². The maximum atomic E-state index is 4.56. The van der Waals surface area contributed by atoms with Crippen LogP contribution in [0.3, 0.4) is 0 Å². The van der Waals surface area contributed by atoms with Gasteiger partial charge in [-0.3, -0.25) is 0 Å². The van der Waals surface area contributed by atoms with Crippen LogP contribution < -0.4 is 5.32 Å². The van der Waals surface area contributed by atoms with E-state index in [1.807, 2.05) is 0 Å². The molecule has 1 aliphatic rings. The first-order valence-corrected chi connectivity index (χ1v) is 4.98. The second kappa shape index (κ2) is 3.50. The molecule has 1 fully saturated rings. The zero-order valence-corrected chi connectivity index (χ0v) is 8.38. The van der Waals surface area contributed by atoms with Gasteiger partial charge >= 0.3 is 0 Å². The number of piperidine rings is 1. The molecule has 3 heteroatoms. The highest BCUT2D eigenvalue weighted by Gasteiger charge is 2.18. The van der Waals surface area contributed by atoms with Crippen LogP contribution in [0.5, 0.6) is 0 Å². The molecule has 1 atom stereocenters. The van der Waals surface area contributed by atoms with Crippen LogP contribution in [0.1, 0.15) is 30.3 Å². The Hall–Kier alpha value is -0.830. The maximum absolute atomic E-state index is 4.56. The van der Waals surface area contributed by atoms with Gasteiger partial charge < -0.3 is 9.88 Å². The molecule has 0 aromatic carbocycles. The number of hydrogen-bond donors (Lipinski definition) is 1. The molecule has 0 radical (unpaired) electrons. The van der Waals surface area contributed by atoms with Crippen molar-refractivity contribution in [2.24, 2.45) is 7.05 Å². The highest BCUT2D eigenvalue weighted by Crippen LogP contribution is 2.21. The van der Waals surface area contributed by atoms with Crippen molar-refractivity contribution in [2.75, 3.05) is 13.1 Å². The van der Waals surface area contributed by atoms with E-state index in [2.05, 4.69) is 35.0 Å². The SMILES string of the molecule is Cc1cn(C)c([C@@H]2CCCNC2)n1. The van der Waals surface area contributed by atoms with Crippen LogP contribution in [-0.2, 0) is 7.05 Å². The van der Waals surface area contributed by atoms with Gasteiger partial charge in [-0.05, 0) is 26.3 Å². The number of hydrogen-bond acceptors (Lipinski definition) is 2. The molecule has 2 rings (SSSR count). The Morgan fingerprint density at radius 1 is 1.62 bits per heavy atom. The molecule has 0 saturated carbocycles. The summed E-state index contributed by atoms with van der Waals surface area (Å²) in [6, 6.07) is 0. The number of nitrogens with zero attached hydrogens (tertiary/aromatic N) is 2. The Morgan fingerprint density at radius 3 is 3.00 bits per heavy atom. The second-order valence-corrected chi connectivity index (χ2v) is 3.89. The smallest absolute Gasteiger partial charge is 0.113 e. The van der Waals surface area contributed by atoms with E-state index < -0.39 is 0 Å². The Kier molecular flexibility index (Phi) is 2.36. The monoisotopic (exact) mass is 179 g/mol. The molecular formula is C10H17N3. The van der Waals surface area contributed by atoms with Crippen LogP contribution in [0.4, 0.5) is 0 Å². The van der Waals surface area contributed by atoms with Crippen LogP contribution in [0.15, 0.2) is 6.20 Å². The lowest BCUT2D eigenvalue weighted by molar-refractivity contribution is 0.439. The Labute approximate surface area is 79.2 Å². The van der Waals surface area contributed by atoms with E-state index in [1.54, 1.807) is 0 Å². The Bertz CT molecular complexity index is 284. The molecule has 0 bridgehead atoms. The number of aryl methyl sites for hydroxylation is 2. The van der Waals surface area contributed by atoms with Gasteiger partial charge in [-0.15, -0.1) is 0 Å². The molecule has 1 saturated heterocycles. The first-order chi connectivity index (χ1) is 6.27. The van der Waals surface area contributed by atoms with E-state index in [9.17, 15) is 0 Å². The van der Waals surface area contributed by atoms with Gasteiger partial charge in [-0.25, -0.2) is 4.98 Å². The van der Waals surface area contributed by atoms with Crippen molar-refractivity contribution < 1.29 is 0 Å². The first kappa shape index (κ1) is 8.75. The fraction of sp³-hybridized carbons (Fsp3) is 0.700. The molecule has 1 aliphatic heterocycles. The lowest BCUT2D eigenvalue weighted by Gasteiger charge is -2.22. The lowest BCUT2D eigenvalue weighted by atomic mass is 9.99. The zero-order valence-electron chi connectivity index (χ0n) is 8.38. The summed E-state index contributed by atoms with van der Waals surface area (Å²) in [5.74, 6) is 1.86. The molecule has 1 N–H and O–H groups in total. The summed E-state index contributed by atoms with van der Waals surface area (Å²) >= 11 is 0. The first-order valence-electron chi connectivity index (χ1n) is 4.98. The van der Waals surface area contributed by atoms with E-state index in [1.165, 1.54) is 25.2 Å². The minimum atomic E-state index is 0.618. The lowest BCUT2D eigenvalue weighted by Crippen LogP contribution is -2.29. The quantitative estimate of drug-likeness (QED) is 0.702. The van der Waals surface area contributed by atoms with Crippen molar-refractivity contribution in [3.8, 4) is 0 Å². The van der Waals surface area contributed by atoms with Crippen molar-refractivity contribution in [3.63, 3.8) is 0 Å². The minimum absolute atomic E-state index is 0.618. The van der Waals surface area contributed by atoms with Gasteiger partial charge in [0.2, 0.25) is 0 Å². The van der Waals surface area contributed by atoms with Gasteiger partial charge in [0.15, 0.2) is 0 Å². The van der Waals surface area contributed by atoms with Gasteiger partial charge in [0, 0.05) is 25.7 Å². The molecule has 3 nitrogen and oxygen atoms in total. The largest absolute Gasteiger partial charge is 0.337 e. The molecule has 1 aromatic heterocycles. The van der Waals surface area contributed by atoms with Crippen LogP contribution >= 0.6 is 0 Å². The van der Waals surface area contributed by atoms with Gasteiger partial charge in [0.05, 0.1) is 5.69 Å². The summed E-state index contributed by atoms with van der Waals surface area (Å²) in [5.41, 5.74) is 1.13. The van der Waals surface area contributed by atoms with Crippen LogP contribution in [-0.4, -0.2) is 22.6 Å². The Morgan fingerprint density at radius 2 is 2.46 bits per heavy atom. The summed E-state index contributed by atoms with van der Waals surface area (Å²) in [6.45, 7) is 4.31. The Balaban J connectivity index is 2.18. The van der Waals surface area contributed by atoms with Crippen molar-refractivity contribution in [3.05, 3.63) is 17.7 Å². The third kappa shape index (κ3) is 1.75. The van der Waals surface area contributed by atoms with Crippen molar-refractivity contribution >= 4 is 0 Å². The maximum Gasteiger partial charge on any atom is 0.113 e. The third-order valence-electron chi connectivity index (χ3n) is 2.69. The predicted molar refractivity (Wildman–Crippen MR) is 52.8 cm³/mol. The van der Waals surface area contributed by atoms with Crippen molar-refractivity contribution in [1.82, 2.24) is 14.9 Å². The molecule has 0 amide bonds. The molecule has 13 heavy (non-hydrogen) atoms. The summed E-state index contributed by atoms with van der Waals surface area (Å²) in [4.78, 5) is 4.56. The van der Waals surface area contributed by atoms with Gasteiger partial charge in [0.25, 0.3) is 0 Å². The van der Waals surface area contributed by atoms with Gasteiger partial charge in [-0.2, -0.15) is 0 Å². The molecular weight excluding hydrogens is 162 g/mol. The van der Waals surface area contributed by atoms with E-state index in [0.29, 0.717) is 5.92 Å². The van der Waals surface area contributed by atoms with Crippen LogP contribution in [0, 0.1) is 6.92 Å². The number of aromatic nitrogens is 2. The van der Waals surface area contributed by atoms with E-state index in [0.717, 1.165) is 12.2 Å². The summed E-state index contributed by atoms with van der Waals surface area (Å²) in [7, 11) is 2.09. The topological polar surface area (TPSA) is 29.9 Å². The van der Waals surface area contributed by atoms with Crippen molar-refractivity contribution in [2.45, 2.75) is 25.7 Å². The highest BCUT2D eigenvalue weighted by atomic mass is 15.1. The highest BCUT2D eigenvalue weighted by molar-refractivity contribution is 5.07. The second-order valence-electron chi connectivity index (χ2n) is 3.89. The van der Waals surface area contributed by atoms with Crippen LogP contribution in [0.25, 0.3) is 0 Å². The molecule has 72 valence electrons. The van der Waals surface area contributed by atoms with E-state index in [-0.39, 0.29) is 0 Å². The predicted octanol–water partition coefficient (Wildman–Crippen LogP) is 1.20. The number of nitrogens with one attached hydrogen (secondary N) is 1. The zero-order chi connectivity index (χ0) is 9.26. The summed E-state index contributed by atoms with van der Waals surface area (Å²) < 4.78 is 2.16. The molecule has 0 aliphatic carbocycles. The van der Waals surface area contributed by atoms with Gasteiger partial charge in [0.1, 0.15) is 5.82 Å². The normalized spacial score (nSPS) is 23.4. The fourth-order valence-corrected chi connectivity index (χ4v) is 2.09. The molecule has 0 unspecified atom stereocenters. The summed E-state index contributed by atoms with van der Waals surface area (Å²) in [5, 5.41) is 3.42. The fourth-order valence-electron chi connectivity index (χ4n) is 2.09. The minimum Gasteiger partial charge on any atom is -0.337 e. The third-order valence-corrected chi connectivity index (χ3v) is 2.69. The number of rotatable bonds is 1. The molecule has 0 spiro atoms. The molecule has 2 heterocycles. The standard InChI is InChI=1S/C10H17N3/c1-8-7-13(2)10(12-8)9-4-3-5-11-6-9/h7,9,11H,3-6H2,1-2H3/t9-/m1/s1. The molecule has 1 aromatic rings. The van der Waals surface area contributed by atoms with E-state index >= 15 is 0 Å². The van der Waals surface area contributed by atoms with E-state index in [4.69, 9.17) is 0 Å². The number of imidazole rings is 1.